The number of aliphatic carboxylic acids is 1. The van der Waals surface area contributed by atoms with Crippen molar-refractivity contribution >= 4 is 23.2 Å². The van der Waals surface area contributed by atoms with E-state index in [-0.39, 0.29) is 30.1 Å². The molecule has 0 bridgehead atoms. The Labute approximate surface area is 254 Å². The number of nitrogens with one attached hydrogen (secondary N) is 1. The van der Waals surface area contributed by atoms with Crippen LogP contribution in [0.4, 0.5) is 40.8 Å². The molecule has 2 unspecified atom stereocenters. The molecule has 0 radical (unpaired) electrons. The average Bonchev–Trinajstić information content (AvgIpc) is 3.46. The monoisotopic (exact) mass is 657 g/mol. The van der Waals surface area contributed by atoms with Crippen LogP contribution in [0.5, 0.6) is 0 Å². The molecule has 2 N–H and O–H groups in total. The van der Waals surface area contributed by atoms with Gasteiger partial charge in [0.05, 0.1) is 24.5 Å². The Hall–Kier alpha value is -4.80. The first-order valence-corrected chi connectivity index (χ1v) is 13.5. The van der Waals surface area contributed by atoms with Crippen molar-refractivity contribution < 1.29 is 54.6 Å². The van der Waals surface area contributed by atoms with E-state index in [1.54, 1.807) is 0 Å². The van der Waals surface area contributed by atoms with E-state index in [1.165, 1.54) is 41.9 Å². The van der Waals surface area contributed by atoms with E-state index in [1.807, 2.05) is 5.32 Å². The normalized spacial score (nSPS) is 16.5. The number of amides is 1. The molecule has 1 saturated heterocycles. The average molecular weight is 658 g/mol. The molecule has 1 aliphatic heterocycles. The van der Waals surface area contributed by atoms with E-state index < -0.39 is 83.5 Å². The van der Waals surface area contributed by atoms with Crippen molar-refractivity contribution in [3.05, 3.63) is 82.9 Å². The maximum absolute atomic E-state index is 15.0. The number of anilines is 1. The number of fused-ring (bicyclic) bond motifs is 1. The lowest BCUT2D eigenvalue weighted by atomic mass is 10.0. The van der Waals surface area contributed by atoms with Crippen LogP contribution in [0.1, 0.15) is 27.3 Å². The number of hydrogen-bond donors (Lipinski definition) is 2. The van der Waals surface area contributed by atoms with E-state index in [0.717, 1.165) is 6.07 Å². The van der Waals surface area contributed by atoms with Crippen LogP contribution in [0.15, 0.2) is 48.8 Å². The Kier molecular flexibility index (Phi) is 8.63. The van der Waals surface area contributed by atoms with Gasteiger partial charge < -0.3 is 24.5 Å². The molecule has 244 valence electrons. The maximum Gasteiger partial charge on any atom is 0.418 e. The minimum Gasteiger partial charge on any atom is -0.480 e. The van der Waals surface area contributed by atoms with Crippen molar-refractivity contribution in [2.75, 3.05) is 24.7 Å². The summed E-state index contributed by atoms with van der Waals surface area (Å²) in [6.07, 6.45) is -7.44. The van der Waals surface area contributed by atoms with Gasteiger partial charge in [-0.25, -0.2) is 18.6 Å². The van der Waals surface area contributed by atoms with Crippen LogP contribution in [0.2, 0.25) is 0 Å². The number of imidazole rings is 1. The summed E-state index contributed by atoms with van der Waals surface area (Å²) in [6.45, 7) is 0.247. The first-order valence-electron chi connectivity index (χ1n) is 13.5. The highest BCUT2D eigenvalue weighted by Gasteiger charge is 2.46. The van der Waals surface area contributed by atoms with Crippen molar-refractivity contribution in [3.8, 4) is 11.3 Å². The number of halogens is 8. The molecule has 0 aliphatic carbocycles. The maximum atomic E-state index is 15.0. The summed E-state index contributed by atoms with van der Waals surface area (Å²) in [5, 5.41) is 11.8. The molecule has 46 heavy (non-hydrogen) atoms. The van der Waals surface area contributed by atoms with Crippen LogP contribution in [0.25, 0.3) is 16.9 Å². The Balaban J connectivity index is 1.43. The number of hydrogen-bond acceptors (Lipinski definition) is 6. The number of benzene rings is 1. The third-order valence-electron chi connectivity index (χ3n) is 7.34. The van der Waals surface area contributed by atoms with Crippen LogP contribution >= 0.6 is 0 Å². The number of alkyl halides is 6. The summed E-state index contributed by atoms with van der Waals surface area (Å²) in [7, 11) is 0. The van der Waals surface area contributed by atoms with E-state index in [9.17, 15) is 41.0 Å². The van der Waals surface area contributed by atoms with Crippen molar-refractivity contribution in [2.45, 2.75) is 37.8 Å². The number of morpholine rings is 1. The van der Waals surface area contributed by atoms with Crippen LogP contribution in [0.3, 0.4) is 0 Å². The molecule has 0 spiro atoms. The van der Waals surface area contributed by atoms with Gasteiger partial charge in [-0.3, -0.25) is 9.78 Å². The van der Waals surface area contributed by atoms with Gasteiger partial charge in [-0.2, -0.15) is 26.3 Å². The number of carboxylic acid groups (broad SMARTS) is 1. The molecule has 3 aromatic heterocycles. The lowest BCUT2D eigenvalue weighted by Gasteiger charge is -2.38. The fourth-order valence-electron chi connectivity index (χ4n) is 5.18. The number of pyridine rings is 2. The lowest BCUT2D eigenvalue weighted by Crippen LogP contribution is -2.53. The molecule has 0 saturated carbocycles. The van der Waals surface area contributed by atoms with Gasteiger partial charge in [-0.15, -0.1) is 0 Å². The van der Waals surface area contributed by atoms with Crippen molar-refractivity contribution in [1.29, 1.82) is 0 Å². The predicted octanol–water partition coefficient (Wildman–Crippen LogP) is 5.19. The zero-order valence-corrected chi connectivity index (χ0v) is 23.6. The number of carbonyl (C=O) groups is 2. The second-order valence-electron chi connectivity index (χ2n) is 10.4. The van der Waals surface area contributed by atoms with Crippen LogP contribution in [0, 0.1) is 18.6 Å². The number of carbonyl (C=O) groups excluding carboxylic acids is 1. The van der Waals surface area contributed by atoms with Crippen LogP contribution in [-0.4, -0.2) is 69.4 Å². The Bertz CT molecular complexity index is 1780. The fraction of sp³-hybridized carbons (Fsp3) is 0.310. The van der Waals surface area contributed by atoms with E-state index in [2.05, 4.69) is 9.97 Å². The molecule has 1 amide bonds. The highest BCUT2D eigenvalue weighted by atomic mass is 19.4. The van der Waals surface area contributed by atoms with Gasteiger partial charge in [0.15, 0.2) is 0 Å². The summed E-state index contributed by atoms with van der Waals surface area (Å²) >= 11 is 0. The largest absolute Gasteiger partial charge is 0.480 e. The number of rotatable bonds is 7. The molecule has 4 heterocycles. The summed E-state index contributed by atoms with van der Waals surface area (Å²) in [5.41, 5.74) is -2.74. The number of aryl methyl sites for hydroxylation is 1. The van der Waals surface area contributed by atoms with Gasteiger partial charge in [0, 0.05) is 48.0 Å². The predicted molar refractivity (Wildman–Crippen MR) is 145 cm³/mol. The standard InChI is InChI=1S/C29H23F8N5O4/c1-14-2-5-18(28(32,33)34)24(39-14)17-4-3-15(42-7-6-38-25(17)42)12-21(27(44)45)40-26(43)23-19(30)10-16(11-20(23)31)41-8-9-46-13-22(41)29(35,36)37/h2-7,10-11,21-22H,8-9,12-13H2,1H3,(H,40,43)(H,44,45). The summed E-state index contributed by atoms with van der Waals surface area (Å²) < 4.78 is 118. The zero-order chi connectivity index (χ0) is 33.6. The lowest BCUT2D eigenvalue weighted by molar-refractivity contribution is -0.167. The second kappa shape index (κ2) is 12.2. The van der Waals surface area contributed by atoms with Gasteiger partial charge >= 0.3 is 18.3 Å². The van der Waals surface area contributed by atoms with Gasteiger partial charge in [0.1, 0.15) is 34.9 Å². The van der Waals surface area contributed by atoms with Crippen LogP contribution < -0.4 is 10.2 Å². The van der Waals surface area contributed by atoms with E-state index >= 15 is 8.78 Å². The Morgan fingerprint density at radius 3 is 2.41 bits per heavy atom. The van der Waals surface area contributed by atoms with Gasteiger partial charge in [-0.1, -0.05) is 0 Å². The topological polar surface area (TPSA) is 109 Å². The minimum atomic E-state index is -4.78. The molecule has 5 rings (SSSR count). The molecular formula is C29H23F8N5O4. The first kappa shape index (κ1) is 32.6. The molecular weight excluding hydrogens is 634 g/mol. The summed E-state index contributed by atoms with van der Waals surface area (Å²) in [5.74, 6) is -6.18. The fourth-order valence-corrected chi connectivity index (χ4v) is 5.18. The number of nitrogens with zero attached hydrogens (tertiary/aromatic N) is 4. The Morgan fingerprint density at radius 1 is 1.09 bits per heavy atom. The number of ether oxygens (including phenoxy) is 1. The van der Waals surface area contributed by atoms with E-state index in [4.69, 9.17) is 4.74 Å². The van der Waals surface area contributed by atoms with Crippen molar-refractivity contribution in [3.63, 3.8) is 0 Å². The molecule has 1 aromatic carbocycles. The molecule has 4 aromatic rings. The summed E-state index contributed by atoms with van der Waals surface area (Å²) in [6, 6.07) is 1.72. The van der Waals surface area contributed by atoms with E-state index in [0.29, 0.717) is 22.7 Å². The van der Waals surface area contributed by atoms with Gasteiger partial charge in [0.2, 0.25) is 0 Å². The third-order valence-corrected chi connectivity index (χ3v) is 7.34. The SMILES string of the molecule is Cc1ccc(C(F)(F)F)c(-c2ccc(CC(NC(=O)c3c(F)cc(N4CCOCC4C(F)(F)F)cc3F)C(=O)O)n3ccnc23)n1. The quantitative estimate of drug-likeness (QED) is 0.263. The second-order valence-corrected chi connectivity index (χ2v) is 10.4. The smallest absolute Gasteiger partial charge is 0.418 e. The highest BCUT2D eigenvalue weighted by molar-refractivity contribution is 5.97. The molecule has 1 fully saturated rings. The summed E-state index contributed by atoms with van der Waals surface area (Å²) in [4.78, 5) is 33.9. The number of aromatic nitrogens is 3. The van der Waals surface area contributed by atoms with Gasteiger partial charge in [-0.05, 0) is 43.3 Å². The minimum absolute atomic E-state index is 0.00971. The molecule has 9 nitrogen and oxygen atoms in total. The highest BCUT2D eigenvalue weighted by Crippen LogP contribution is 2.38. The zero-order valence-electron chi connectivity index (χ0n) is 23.6. The first-order chi connectivity index (χ1) is 21.6. The van der Waals surface area contributed by atoms with Crippen LogP contribution in [-0.2, 0) is 22.1 Å². The third kappa shape index (κ3) is 6.45. The molecule has 1 aliphatic rings. The molecule has 17 heteroatoms. The van der Waals surface area contributed by atoms with Crippen molar-refractivity contribution in [1.82, 2.24) is 19.7 Å². The number of carboxylic acids is 1. The van der Waals surface area contributed by atoms with Gasteiger partial charge in [0.25, 0.3) is 5.91 Å². The Morgan fingerprint density at radius 2 is 1.78 bits per heavy atom. The van der Waals surface area contributed by atoms with Crippen molar-refractivity contribution in [2.24, 2.45) is 0 Å². The molecule has 2 atom stereocenters.